The SMILES string of the molecule is Cc1csc(NC(=O)NCC(C)(O)C(=O)OC(C)(C)C)n1. The van der Waals surface area contributed by atoms with Gasteiger partial charge in [-0.15, -0.1) is 11.3 Å². The summed E-state index contributed by atoms with van der Waals surface area (Å²) in [7, 11) is 0. The number of aliphatic hydroxyl groups is 1. The molecule has 0 aliphatic heterocycles. The summed E-state index contributed by atoms with van der Waals surface area (Å²) in [6, 6.07) is -0.548. The molecule has 3 N–H and O–H groups in total. The topological polar surface area (TPSA) is 101 Å². The molecule has 118 valence electrons. The van der Waals surface area contributed by atoms with E-state index >= 15 is 0 Å². The number of carbonyl (C=O) groups is 2. The fourth-order valence-electron chi connectivity index (χ4n) is 1.27. The van der Waals surface area contributed by atoms with Gasteiger partial charge in [-0.2, -0.15) is 0 Å². The molecule has 0 saturated carbocycles. The van der Waals surface area contributed by atoms with Gasteiger partial charge in [0.15, 0.2) is 10.7 Å². The van der Waals surface area contributed by atoms with Crippen LogP contribution in [0, 0.1) is 6.92 Å². The molecule has 0 aliphatic rings. The molecule has 1 unspecified atom stereocenters. The van der Waals surface area contributed by atoms with E-state index in [0.29, 0.717) is 5.13 Å². The van der Waals surface area contributed by atoms with Crippen molar-refractivity contribution in [1.82, 2.24) is 10.3 Å². The number of aryl methyl sites for hydroxylation is 1. The molecule has 0 bridgehead atoms. The molecule has 7 nitrogen and oxygen atoms in total. The van der Waals surface area contributed by atoms with Crippen LogP contribution in [0.3, 0.4) is 0 Å². The molecular weight excluding hydrogens is 294 g/mol. The lowest BCUT2D eigenvalue weighted by Gasteiger charge is -2.27. The van der Waals surface area contributed by atoms with Gasteiger partial charge in [0.2, 0.25) is 0 Å². The minimum Gasteiger partial charge on any atom is -0.458 e. The van der Waals surface area contributed by atoms with Crippen LogP contribution >= 0.6 is 11.3 Å². The first-order chi connectivity index (χ1) is 9.49. The van der Waals surface area contributed by atoms with E-state index in [2.05, 4.69) is 15.6 Å². The summed E-state index contributed by atoms with van der Waals surface area (Å²) in [5, 5.41) is 17.2. The summed E-state index contributed by atoms with van der Waals surface area (Å²) >= 11 is 1.29. The fourth-order valence-corrected chi connectivity index (χ4v) is 1.95. The van der Waals surface area contributed by atoms with Gasteiger partial charge in [-0.3, -0.25) is 5.32 Å². The van der Waals surface area contributed by atoms with Crippen molar-refractivity contribution in [2.24, 2.45) is 0 Å². The highest BCUT2D eigenvalue weighted by Gasteiger charge is 2.35. The Bertz CT molecular complexity index is 520. The van der Waals surface area contributed by atoms with Crippen molar-refractivity contribution in [2.45, 2.75) is 45.8 Å². The van der Waals surface area contributed by atoms with Crippen molar-refractivity contribution in [3.05, 3.63) is 11.1 Å². The van der Waals surface area contributed by atoms with Crippen molar-refractivity contribution < 1.29 is 19.4 Å². The first-order valence-electron chi connectivity index (χ1n) is 6.42. The van der Waals surface area contributed by atoms with E-state index < -0.39 is 23.2 Å². The third-order valence-electron chi connectivity index (χ3n) is 2.27. The standard InChI is InChI=1S/C13H21N3O4S/c1-8-6-21-11(15-8)16-10(18)14-7-13(5,19)9(17)20-12(2,3)4/h6,19H,7H2,1-5H3,(H2,14,15,16,18). The van der Waals surface area contributed by atoms with Gasteiger partial charge in [0.25, 0.3) is 0 Å². The van der Waals surface area contributed by atoms with E-state index in [9.17, 15) is 14.7 Å². The van der Waals surface area contributed by atoms with Crippen molar-refractivity contribution in [1.29, 1.82) is 0 Å². The Morgan fingerprint density at radius 2 is 2.00 bits per heavy atom. The molecule has 1 atom stereocenters. The maximum absolute atomic E-state index is 11.8. The normalized spacial score (nSPS) is 14.2. The molecular formula is C13H21N3O4S. The lowest BCUT2D eigenvalue weighted by atomic mass is 10.1. The fraction of sp³-hybridized carbons (Fsp3) is 0.615. The van der Waals surface area contributed by atoms with Gasteiger partial charge in [0.1, 0.15) is 5.60 Å². The zero-order valence-electron chi connectivity index (χ0n) is 12.8. The van der Waals surface area contributed by atoms with Crippen molar-refractivity contribution in [3.63, 3.8) is 0 Å². The number of ether oxygens (including phenoxy) is 1. The van der Waals surface area contributed by atoms with E-state index in [-0.39, 0.29) is 6.54 Å². The molecule has 1 aromatic heterocycles. The average Bonchev–Trinajstić information content (AvgIpc) is 2.70. The van der Waals surface area contributed by atoms with Crippen LogP contribution in [0.1, 0.15) is 33.4 Å². The highest BCUT2D eigenvalue weighted by molar-refractivity contribution is 7.13. The molecule has 0 spiro atoms. The molecule has 0 saturated heterocycles. The Labute approximate surface area is 127 Å². The smallest absolute Gasteiger partial charge is 0.340 e. The number of amides is 2. The summed E-state index contributed by atoms with van der Waals surface area (Å²) in [5.41, 5.74) is -1.71. The second-order valence-corrected chi connectivity index (χ2v) is 6.74. The van der Waals surface area contributed by atoms with Crippen LogP contribution in [0.25, 0.3) is 0 Å². The molecule has 1 aromatic rings. The van der Waals surface area contributed by atoms with Gasteiger partial charge in [-0.05, 0) is 34.6 Å². The van der Waals surface area contributed by atoms with E-state index in [1.54, 1.807) is 26.2 Å². The van der Waals surface area contributed by atoms with E-state index in [1.807, 2.05) is 6.92 Å². The molecule has 1 heterocycles. The number of carbonyl (C=O) groups excluding carboxylic acids is 2. The summed E-state index contributed by atoms with van der Waals surface area (Å²) in [4.78, 5) is 27.5. The number of esters is 1. The number of nitrogens with one attached hydrogen (secondary N) is 2. The number of thiazole rings is 1. The van der Waals surface area contributed by atoms with Crippen LogP contribution in [-0.4, -0.2) is 39.8 Å². The minimum absolute atomic E-state index is 0.266. The monoisotopic (exact) mass is 315 g/mol. The van der Waals surface area contributed by atoms with E-state index in [1.165, 1.54) is 18.3 Å². The lowest BCUT2D eigenvalue weighted by Crippen LogP contribution is -2.50. The molecule has 8 heteroatoms. The number of anilines is 1. The second-order valence-electron chi connectivity index (χ2n) is 5.88. The van der Waals surface area contributed by atoms with Crippen LogP contribution in [0.4, 0.5) is 9.93 Å². The number of hydrogen-bond acceptors (Lipinski definition) is 6. The maximum Gasteiger partial charge on any atom is 0.340 e. The van der Waals surface area contributed by atoms with Crippen LogP contribution in [-0.2, 0) is 9.53 Å². The van der Waals surface area contributed by atoms with Gasteiger partial charge < -0.3 is 15.2 Å². The Morgan fingerprint density at radius 1 is 1.38 bits per heavy atom. The molecule has 0 radical (unpaired) electrons. The van der Waals surface area contributed by atoms with Crippen LogP contribution in [0.15, 0.2) is 5.38 Å². The zero-order valence-corrected chi connectivity index (χ0v) is 13.6. The number of nitrogens with zero attached hydrogens (tertiary/aromatic N) is 1. The lowest BCUT2D eigenvalue weighted by molar-refractivity contribution is -0.174. The van der Waals surface area contributed by atoms with Crippen LogP contribution < -0.4 is 10.6 Å². The van der Waals surface area contributed by atoms with Gasteiger partial charge in [-0.1, -0.05) is 0 Å². The summed E-state index contributed by atoms with van der Waals surface area (Å²) in [5.74, 6) is -0.791. The zero-order chi connectivity index (χ0) is 16.3. The third kappa shape index (κ3) is 6.09. The predicted molar refractivity (Wildman–Crippen MR) is 80.3 cm³/mol. The Morgan fingerprint density at radius 3 is 2.48 bits per heavy atom. The Hall–Kier alpha value is -1.67. The van der Waals surface area contributed by atoms with Gasteiger partial charge in [0.05, 0.1) is 12.2 Å². The largest absolute Gasteiger partial charge is 0.458 e. The Balaban J connectivity index is 2.48. The highest BCUT2D eigenvalue weighted by atomic mass is 32.1. The number of hydrogen-bond donors (Lipinski definition) is 3. The number of rotatable bonds is 4. The minimum atomic E-state index is -1.80. The van der Waals surface area contributed by atoms with E-state index in [4.69, 9.17) is 4.74 Å². The first-order valence-corrected chi connectivity index (χ1v) is 7.30. The summed E-state index contributed by atoms with van der Waals surface area (Å²) in [6.45, 7) is 7.93. The van der Waals surface area contributed by atoms with Gasteiger partial charge in [0, 0.05) is 5.38 Å². The molecule has 0 aromatic carbocycles. The van der Waals surface area contributed by atoms with Crippen LogP contribution in [0.5, 0.6) is 0 Å². The summed E-state index contributed by atoms with van der Waals surface area (Å²) < 4.78 is 5.09. The average molecular weight is 315 g/mol. The van der Waals surface area contributed by atoms with Crippen molar-refractivity contribution in [2.75, 3.05) is 11.9 Å². The molecule has 0 aliphatic carbocycles. The Kier molecular flexibility index (Phi) is 5.30. The van der Waals surface area contributed by atoms with E-state index in [0.717, 1.165) is 5.69 Å². The number of urea groups is 1. The quantitative estimate of drug-likeness (QED) is 0.734. The molecule has 21 heavy (non-hydrogen) atoms. The molecule has 2 amide bonds. The highest BCUT2D eigenvalue weighted by Crippen LogP contribution is 2.15. The van der Waals surface area contributed by atoms with Crippen molar-refractivity contribution >= 4 is 28.5 Å². The van der Waals surface area contributed by atoms with Gasteiger partial charge in [-0.25, -0.2) is 14.6 Å². The predicted octanol–water partition coefficient (Wildman–Crippen LogP) is 1.67. The maximum atomic E-state index is 11.8. The first kappa shape index (κ1) is 17.4. The van der Waals surface area contributed by atoms with Crippen LogP contribution in [0.2, 0.25) is 0 Å². The number of aromatic nitrogens is 1. The van der Waals surface area contributed by atoms with Crippen molar-refractivity contribution in [3.8, 4) is 0 Å². The molecule has 1 rings (SSSR count). The second kappa shape index (κ2) is 6.40. The molecule has 0 fully saturated rings. The third-order valence-corrected chi connectivity index (χ3v) is 3.15. The summed E-state index contributed by atoms with van der Waals surface area (Å²) in [6.07, 6.45) is 0. The van der Waals surface area contributed by atoms with Gasteiger partial charge >= 0.3 is 12.0 Å².